The van der Waals surface area contributed by atoms with Crippen LogP contribution in [0.5, 0.6) is 0 Å². The Morgan fingerprint density at radius 2 is 1.88 bits per heavy atom. The number of hydrogen-bond donors (Lipinski definition) is 2. The monoisotopic (exact) mass is 232 g/mol. The predicted octanol–water partition coefficient (Wildman–Crippen LogP) is 1.48. The van der Waals surface area contributed by atoms with Gasteiger partial charge in [0.2, 0.25) is 0 Å². The van der Waals surface area contributed by atoms with Gasteiger partial charge in [-0.1, -0.05) is 0 Å². The molecular weight excluding hydrogens is 219 g/mol. The Kier molecular flexibility index (Phi) is 3.41. The van der Waals surface area contributed by atoms with Gasteiger partial charge in [0.15, 0.2) is 0 Å². The Bertz CT molecular complexity index is 470. The second-order valence-electron chi connectivity index (χ2n) is 3.73. The van der Waals surface area contributed by atoms with Crippen molar-refractivity contribution in [3.63, 3.8) is 0 Å². The number of halogens is 1. The van der Waals surface area contributed by atoms with Crippen LogP contribution in [-0.2, 0) is 0 Å². The van der Waals surface area contributed by atoms with Crippen LogP contribution >= 0.6 is 0 Å². The molecule has 0 saturated carbocycles. The van der Waals surface area contributed by atoms with E-state index < -0.39 is 11.9 Å². The van der Waals surface area contributed by atoms with Gasteiger partial charge in [0.1, 0.15) is 5.82 Å². The van der Waals surface area contributed by atoms with E-state index >= 15 is 0 Å². The Morgan fingerprint density at radius 3 is 2.53 bits per heavy atom. The fraction of sp³-hybridized carbons (Fsp3) is 0.167. The molecule has 5 heteroatoms. The minimum absolute atomic E-state index is 0.390. The third kappa shape index (κ3) is 2.30. The molecule has 0 aliphatic heterocycles. The van der Waals surface area contributed by atoms with E-state index in [1.807, 2.05) is 13.0 Å². The number of pyridine rings is 2. The molecule has 0 aliphatic carbocycles. The molecule has 0 aliphatic rings. The summed E-state index contributed by atoms with van der Waals surface area (Å²) in [4.78, 5) is 7.75. The van der Waals surface area contributed by atoms with Crippen LogP contribution in [0.2, 0.25) is 0 Å². The SMILES string of the molecule is Cc1ccncc1C(NN)c1ccncc1F. The molecule has 1 unspecified atom stereocenters. The van der Waals surface area contributed by atoms with Crippen LogP contribution < -0.4 is 11.3 Å². The topological polar surface area (TPSA) is 63.8 Å². The predicted molar refractivity (Wildman–Crippen MR) is 62.3 cm³/mol. The Hall–Kier alpha value is -1.85. The minimum Gasteiger partial charge on any atom is -0.271 e. The van der Waals surface area contributed by atoms with E-state index in [0.29, 0.717) is 5.56 Å². The molecule has 0 aromatic carbocycles. The first kappa shape index (κ1) is 11.6. The fourth-order valence-corrected chi connectivity index (χ4v) is 1.75. The first-order valence-electron chi connectivity index (χ1n) is 5.20. The molecule has 4 nitrogen and oxygen atoms in total. The summed E-state index contributed by atoms with van der Waals surface area (Å²) in [7, 11) is 0. The van der Waals surface area contributed by atoms with Gasteiger partial charge in [-0.3, -0.25) is 15.8 Å². The normalized spacial score (nSPS) is 12.4. The number of aromatic nitrogens is 2. The summed E-state index contributed by atoms with van der Waals surface area (Å²) in [5.41, 5.74) is 4.91. The van der Waals surface area contributed by atoms with Gasteiger partial charge in [0, 0.05) is 24.2 Å². The summed E-state index contributed by atoms with van der Waals surface area (Å²) < 4.78 is 13.7. The van der Waals surface area contributed by atoms with Gasteiger partial charge in [0.25, 0.3) is 0 Å². The van der Waals surface area contributed by atoms with Crippen LogP contribution in [-0.4, -0.2) is 9.97 Å². The van der Waals surface area contributed by atoms with Gasteiger partial charge in [-0.25, -0.2) is 9.82 Å². The second kappa shape index (κ2) is 4.99. The Balaban J connectivity index is 2.48. The molecule has 0 saturated heterocycles. The number of hydrogen-bond acceptors (Lipinski definition) is 4. The quantitative estimate of drug-likeness (QED) is 0.621. The fourth-order valence-electron chi connectivity index (χ4n) is 1.75. The molecule has 3 N–H and O–H groups in total. The highest BCUT2D eigenvalue weighted by Crippen LogP contribution is 2.24. The van der Waals surface area contributed by atoms with Crippen molar-refractivity contribution < 1.29 is 4.39 Å². The number of nitrogens with one attached hydrogen (secondary N) is 1. The van der Waals surface area contributed by atoms with E-state index in [4.69, 9.17) is 5.84 Å². The molecule has 2 aromatic heterocycles. The molecule has 2 heterocycles. The number of aryl methyl sites for hydroxylation is 1. The molecule has 0 spiro atoms. The average Bonchev–Trinajstić information content (AvgIpc) is 2.34. The molecule has 17 heavy (non-hydrogen) atoms. The van der Waals surface area contributed by atoms with Crippen molar-refractivity contribution in [2.75, 3.05) is 0 Å². The van der Waals surface area contributed by atoms with Gasteiger partial charge in [-0.05, 0) is 30.2 Å². The third-order valence-electron chi connectivity index (χ3n) is 2.67. The summed E-state index contributed by atoms with van der Waals surface area (Å²) >= 11 is 0. The number of hydrazine groups is 1. The van der Waals surface area contributed by atoms with Gasteiger partial charge in [-0.15, -0.1) is 0 Å². The maximum Gasteiger partial charge on any atom is 0.146 e. The van der Waals surface area contributed by atoms with Gasteiger partial charge >= 0.3 is 0 Å². The highest BCUT2D eigenvalue weighted by Gasteiger charge is 2.18. The summed E-state index contributed by atoms with van der Waals surface area (Å²) in [6.07, 6.45) is 6.08. The van der Waals surface area contributed by atoms with Crippen molar-refractivity contribution in [1.82, 2.24) is 15.4 Å². The maximum absolute atomic E-state index is 13.7. The van der Waals surface area contributed by atoms with Crippen molar-refractivity contribution >= 4 is 0 Å². The molecule has 88 valence electrons. The molecule has 2 aromatic rings. The van der Waals surface area contributed by atoms with Crippen molar-refractivity contribution in [2.24, 2.45) is 5.84 Å². The highest BCUT2D eigenvalue weighted by molar-refractivity contribution is 5.34. The first-order chi connectivity index (χ1) is 8.24. The number of nitrogens with two attached hydrogens (primary N) is 1. The van der Waals surface area contributed by atoms with Gasteiger partial charge < -0.3 is 0 Å². The van der Waals surface area contributed by atoms with Crippen molar-refractivity contribution in [1.29, 1.82) is 0 Å². The Labute approximate surface area is 98.7 Å². The summed E-state index contributed by atoms with van der Waals surface area (Å²) in [6.45, 7) is 1.93. The van der Waals surface area contributed by atoms with Crippen LogP contribution in [0.4, 0.5) is 4.39 Å². The molecule has 0 radical (unpaired) electrons. The number of nitrogens with zero attached hydrogens (tertiary/aromatic N) is 2. The molecule has 2 rings (SSSR count). The third-order valence-corrected chi connectivity index (χ3v) is 2.67. The standard InChI is InChI=1S/C12H13FN4/c1-8-2-4-15-6-10(8)12(17-14)9-3-5-16-7-11(9)13/h2-7,12,17H,14H2,1H3. The van der Waals surface area contributed by atoms with E-state index in [2.05, 4.69) is 15.4 Å². The number of rotatable bonds is 3. The molecule has 0 bridgehead atoms. The highest BCUT2D eigenvalue weighted by atomic mass is 19.1. The van der Waals surface area contributed by atoms with Crippen LogP contribution in [0.15, 0.2) is 36.9 Å². The molecular formula is C12H13FN4. The minimum atomic E-state index is -0.424. The van der Waals surface area contributed by atoms with Gasteiger partial charge in [-0.2, -0.15) is 0 Å². The zero-order chi connectivity index (χ0) is 12.3. The van der Waals surface area contributed by atoms with E-state index in [9.17, 15) is 4.39 Å². The van der Waals surface area contributed by atoms with E-state index in [0.717, 1.165) is 11.1 Å². The lowest BCUT2D eigenvalue weighted by Crippen LogP contribution is -2.30. The lowest BCUT2D eigenvalue weighted by molar-refractivity contribution is 0.553. The second-order valence-corrected chi connectivity index (χ2v) is 3.73. The Morgan fingerprint density at radius 1 is 1.18 bits per heavy atom. The largest absolute Gasteiger partial charge is 0.271 e. The van der Waals surface area contributed by atoms with E-state index in [1.54, 1.807) is 18.5 Å². The van der Waals surface area contributed by atoms with Crippen molar-refractivity contribution in [3.05, 3.63) is 59.4 Å². The lowest BCUT2D eigenvalue weighted by atomic mass is 9.98. The zero-order valence-electron chi connectivity index (χ0n) is 9.39. The van der Waals surface area contributed by atoms with Crippen molar-refractivity contribution in [2.45, 2.75) is 13.0 Å². The van der Waals surface area contributed by atoms with Crippen LogP contribution in [0.1, 0.15) is 22.7 Å². The van der Waals surface area contributed by atoms with Crippen LogP contribution in [0.25, 0.3) is 0 Å². The van der Waals surface area contributed by atoms with Crippen molar-refractivity contribution in [3.8, 4) is 0 Å². The smallest absolute Gasteiger partial charge is 0.146 e. The molecule has 1 atom stereocenters. The lowest BCUT2D eigenvalue weighted by Gasteiger charge is -2.18. The zero-order valence-corrected chi connectivity index (χ0v) is 9.39. The summed E-state index contributed by atoms with van der Waals surface area (Å²) in [5, 5.41) is 0. The van der Waals surface area contributed by atoms with Gasteiger partial charge in [0.05, 0.1) is 12.2 Å². The maximum atomic E-state index is 13.7. The van der Waals surface area contributed by atoms with Crippen LogP contribution in [0, 0.1) is 12.7 Å². The molecule has 0 fully saturated rings. The van der Waals surface area contributed by atoms with E-state index in [-0.39, 0.29) is 0 Å². The summed E-state index contributed by atoms with van der Waals surface area (Å²) in [6, 6.07) is 3.04. The summed E-state index contributed by atoms with van der Waals surface area (Å²) in [5.74, 6) is 5.12. The van der Waals surface area contributed by atoms with Crippen LogP contribution in [0.3, 0.4) is 0 Å². The molecule has 0 amide bonds. The van der Waals surface area contributed by atoms with E-state index in [1.165, 1.54) is 12.4 Å². The average molecular weight is 232 g/mol. The first-order valence-corrected chi connectivity index (χ1v) is 5.20.